The highest BCUT2D eigenvalue weighted by atomic mass is 16.2. The Morgan fingerprint density at radius 2 is 2.15 bits per heavy atom. The van der Waals surface area contributed by atoms with E-state index in [2.05, 4.69) is 30.6 Å². The zero-order chi connectivity index (χ0) is 18.6. The molecule has 4 rings (SSSR count). The quantitative estimate of drug-likeness (QED) is 0.712. The summed E-state index contributed by atoms with van der Waals surface area (Å²) in [5.41, 5.74) is 2.43. The van der Waals surface area contributed by atoms with Crippen LogP contribution in [0.15, 0.2) is 49.4 Å². The molecule has 0 aliphatic carbocycles. The second-order valence-corrected chi connectivity index (χ2v) is 6.89. The number of carbonyl (C=O) groups excluding carboxylic acids is 1. The first kappa shape index (κ1) is 17.3. The first-order valence-corrected chi connectivity index (χ1v) is 9.18. The van der Waals surface area contributed by atoms with Crippen LogP contribution in [0.4, 0.5) is 0 Å². The predicted octanol–water partition coefficient (Wildman–Crippen LogP) is 2.44. The van der Waals surface area contributed by atoms with Gasteiger partial charge in [-0.15, -0.1) is 0 Å². The number of hydrogen-bond acceptors (Lipinski definition) is 5. The molecular weight excluding hydrogens is 340 g/mol. The third-order valence-corrected chi connectivity index (χ3v) is 5.04. The third kappa shape index (κ3) is 3.72. The number of amides is 1. The molecular formula is C20H22N6O. The van der Waals surface area contributed by atoms with Crippen molar-refractivity contribution in [1.29, 1.82) is 0 Å². The monoisotopic (exact) mass is 362 g/mol. The highest BCUT2D eigenvalue weighted by molar-refractivity contribution is 5.95. The number of piperidine rings is 1. The van der Waals surface area contributed by atoms with Crippen LogP contribution in [0.2, 0.25) is 0 Å². The largest absolute Gasteiger partial charge is 0.338 e. The summed E-state index contributed by atoms with van der Waals surface area (Å²) >= 11 is 0. The summed E-state index contributed by atoms with van der Waals surface area (Å²) in [4.78, 5) is 31.8. The summed E-state index contributed by atoms with van der Waals surface area (Å²) in [5, 5.41) is 0. The SMILES string of the molecule is Cc1ncncc1C(=O)N1CCC[C@@H](c2nccn2Cc2cccnc2)C1. The zero-order valence-electron chi connectivity index (χ0n) is 15.3. The van der Waals surface area contributed by atoms with Crippen LogP contribution in [0.5, 0.6) is 0 Å². The van der Waals surface area contributed by atoms with Gasteiger partial charge >= 0.3 is 0 Å². The van der Waals surface area contributed by atoms with Crippen molar-refractivity contribution in [3.8, 4) is 0 Å². The molecule has 0 N–H and O–H groups in total. The van der Waals surface area contributed by atoms with Crippen molar-refractivity contribution in [3.63, 3.8) is 0 Å². The van der Waals surface area contributed by atoms with E-state index in [1.807, 2.05) is 36.5 Å². The normalized spacial score (nSPS) is 17.1. The van der Waals surface area contributed by atoms with Gasteiger partial charge < -0.3 is 9.47 Å². The number of imidazole rings is 1. The second-order valence-electron chi connectivity index (χ2n) is 6.89. The van der Waals surface area contributed by atoms with E-state index < -0.39 is 0 Å². The number of likely N-dealkylation sites (tertiary alicyclic amines) is 1. The number of hydrogen-bond donors (Lipinski definition) is 0. The lowest BCUT2D eigenvalue weighted by Crippen LogP contribution is -2.40. The van der Waals surface area contributed by atoms with Gasteiger partial charge in [-0.05, 0) is 31.4 Å². The molecule has 0 radical (unpaired) electrons. The molecule has 1 atom stereocenters. The van der Waals surface area contributed by atoms with Crippen LogP contribution in [-0.4, -0.2) is 48.4 Å². The Bertz CT molecular complexity index is 923. The Hall–Kier alpha value is -3.09. The average molecular weight is 362 g/mol. The molecule has 1 amide bonds. The highest BCUT2D eigenvalue weighted by Crippen LogP contribution is 2.27. The van der Waals surface area contributed by atoms with Crippen molar-refractivity contribution in [2.24, 2.45) is 0 Å². The Balaban J connectivity index is 1.52. The van der Waals surface area contributed by atoms with Gasteiger partial charge in [0.2, 0.25) is 0 Å². The number of aryl methyl sites for hydroxylation is 1. The lowest BCUT2D eigenvalue weighted by molar-refractivity contribution is 0.0701. The third-order valence-electron chi connectivity index (χ3n) is 5.04. The molecule has 3 aromatic rings. The molecule has 0 spiro atoms. The molecule has 7 nitrogen and oxygen atoms in total. The van der Waals surface area contributed by atoms with E-state index in [1.54, 1.807) is 12.4 Å². The van der Waals surface area contributed by atoms with Crippen molar-refractivity contribution in [1.82, 2.24) is 29.4 Å². The summed E-state index contributed by atoms with van der Waals surface area (Å²) in [5.74, 6) is 1.25. The van der Waals surface area contributed by atoms with Crippen LogP contribution in [0.3, 0.4) is 0 Å². The van der Waals surface area contributed by atoms with Gasteiger partial charge in [0.1, 0.15) is 12.2 Å². The van der Waals surface area contributed by atoms with Crippen molar-refractivity contribution in [2.45, 2.75) is 32.2 Å². The van der Waals surface area contributed by atoms with Gasteiger partial charge in [-0.1, -0.05) is 6.07 Å². The lowest BCUT2D eigenvalue weighted by Gasteiger charge is -2.33. The number of pyridine rings is 1. The molecule has 27 heavy (non-hydrogen) atoms. The van der Waals surface area contributed by atoms with Gasteiger partial charge in [0.15, 0.2) is 0 Å². The fraction of sp³-hybridized carbons (Fsp3) is 0.350. The van der Waals surface area contributed by atoms with Crippen LogP contribution in [-0.2, 0) is 6.54 Å². The van der Waals surface area contributed by atoms with Crippen molar-refractivity contribution in [3.05, 3.63) is 72.1 Å². The lowest BCUT2D eigenvalue weighted by atomic mass is 9.96. The molecule has 1 fully saturated rings. The Morgan fingerprint density at radius 3 is 2.96 bits per heavy atom. The Morgan fingerprint density at radius 1 is 1.22 bits per heavy atom. The molecule has 1 aliphatic rings. The summed E-state index contributed by atoms with van der Waals surface area (Å²) in [6, 6.07) is 4.00. The smallest absolute Gasteiger partial charge is 0.257 e. The van der Waals surface area contributed by atoms with Crippen LogP contribution in [0, 0.1) is 6.92 Å². The van der Waals surface area contributed by atoms with E-state index in [0.29, 0.717) is 12.1 Å². The van der Waals surface area contributed by atoms with Crippen LogP contribution in [0.25, 0.3) is 0 Å². The summed E-state index contributed by atoms with van der Waals surface area (Å²) in [6.07, 6.45) is 12.6. The Kier molecular flexibility index (Phi) is 4.91. The van der Waals surface area contributed by atoms with Gasteiger partial charge in [0.25, 0.3) is 5.91 Å². The molecule has 7 heteroatoms. The predicted molar refractivity (Wildman–Crippen MR) is 100 cm³/mol. The van der Waals surface area contributed by atoms with E-state index in [0.717, 1.165) is 43.0 Å². The summed E-state index contributed by atoms with van der Waals surface area (Å²) in [7, 11) is 0. The topological polar surface area (TPSA) is 76.8 Å². The van der Waals surface area contributed by atoms with Crippen molar-refractivity contribution in [2.75, 3.05) is 13.1 Å². The highest BCUT2D eigenvalue weighted by Gasteiger charge is 2.28. The minimum absolute atomic E-state index is 0.00293. The number of rotatable bonds is 4. The fourth-order valence-corrected chi connectivity index (χ4v) is 3.65. The minimum atomic E-state index is 0.00293. The van der Waals surface area contributed by atoms with Gasteiger partial charge in [-0.25, -0.2) is 15.0 Å². The Labute approximate surface area is 158 Å². The van der Waals surface area contributed by atoms with Gasteiger partial charge in [0, 0.05) is 50.0 Å². The van der Waals surface area contributed by atoms with Gasteiger partial charge in [-0.3, -0.25) is 9.78 Å². The van der Waals surface area contributed by atoms with Gasteiger partial charge in [-0.2, -0.15) is 0 Å². The van der Waals surface area contributed by atoms with Crippen molar-refractivity contribution >= 4 is 5.91 Å². The standard InChI is InChI=1S/C20H22N6O/c1-15-18(11-22-14-24-15)20(27)26-8-3-5-17(13-26)19-23-7-9-25(19)12-16-4-2-6-21-10-16/h2,4,6-7,9-11,14,17H,3,5,8,12-13H2,1H3/t17-/m1/s1. The van der Waals surface area contributed by atoms with Crippen LogP contribution >= 0.6 is 0 Å². The molecule has 1 aliphatic heterocycles. The molecule has 0 aromatic carbocycles. The van der Waals surface area contributed by atoms with E-state index in [1.165, 1.54) is 6.33 Å². The molecule has 4 heterocycles. The maximum atomic E-state index is 12.9. The maximum Gasteiger partial charge on any atom is 0.257 e. The summed E-state index contributed by atoms with van der Waals surface area (Å²) < 4.78 is 2.16. The average Bonchev–Trinajstić information content (AvgIpc) is 3.17. The number of carbonyl (C=O) groups is 1. The van der Waals surface area contributed by atoms with Crippen LogP contribution < -0.4 is 0 Å². The molecule has 3 aromatic heterocycles. The molecule has 0 unspecified atom stereocenters. The van der Waals surface area contributed by atoms with E-state index >= 15 is 0 Å². The number of aromatic nitrogens is 5. The maximum absolute atomic E-state index is 12.9. The molecule has 138 valence electrons. The molecule has 0 bridgehead atoms. The first-order valence-electron chi connectivity index (χ1n) is 9.18. The molecule has 1 saturated heterocycles. The fourth-order valence-electron chi connectivity index (χ4n) is 3.65. The van der Waals surface area contributed by atoms with Crippen molar-refractivity contribution < 1.29 is 4.79 Å². The van der Waals surface area contributed by atoms with E-state index in [-0.39, 0.29) is 11.8 Å². The second kappa shape index (κ2) is 7.65. The van der Waals surface area contributed by atoms with E-state index in [4.69, 9.17) is 0 Å². The summed E-state index contributed by atoms with van der Waals surface area (Å²) in [6.45, 7) is 4.00. The van der Waals surface area contributed by atoms with Crippen LogP contribution in [0.1, 0.15) is 46.2 Å². The number of nitrogens with zero attached hydrogens (tertiary/aromatic N) is 6. The first-order chi connectivity index (χ1) is 13.2. The van der Waals surface area contributed by atoms with Gasteiger partial charge in [0.05, 0.1) is 17.8 Å². The zero-order valence-corrected chi connectivity index (χ0v) is 15.3. The minimum Gasteiger partial charge on any atom is -0.338 e. The van der Waals surface area contributed by atoms with E-state index in [9.17, 15) is 4.79 Å². The molecule has 0 saturated carbocycles.